The molecule has 5 nitrogen and oxygen atoms in total. The van der Waals surface area contributed by atoms with Gasteiger partial charge in [-0.1, -0.05) is 41.6 Å². The first-order valence-electron chi connectivity index (χ1n) is 8.52. The molecule has 7 heteroatoms. The molecule has 0 fully saturated rings. The number of carbonyl (C=O) groups is 2. The van der Waals surface area contributed by atoms with Crippen molar-refractivity contribution >= 4 is 40.9 Å². The summed E-state index contributed by atoms with van der Waals surface area (Å²) < 4.78 is 0. The second-order valence-electron chi connectivity index (χ2n) is 5.99. The first kappa shape index (κ1) is 19.9. The molecule has 0 aliphatic heterocycles. The largest absolute Gasteiger partial charge is 0.332 e. The minimum Gasteiger partial charge on any atom is -0.332 e. The summed E-state index contributed by atoms with van der Waals surface area (Å²) in [4.78, 5) is 31.8. The molecule has 3 rings (SSSR count). The Labute approximate surface area is 172 Å². The van der Waals surface area contributed by atoms with Crippen LogP contribution in [0.2, 0.25) is 5.02 Å². The van der Waals surface area contributed by atoms with E-state index in [2.05, 4.69) is 10.3 Å². The second-order valence-corrected chi connectivity index (χ2v) is 7.49. The smallest absolute Gasteiger partial charge is 0.256 e. The lowest BCUT2D eigenvalue weighted by molar-refractivity contribution is -0.116. The van der Waals surface area contributed by atoms with Gasteiger partial charge in [0.05, 0.1) is 12.1 Å². The van der Waals surface area contributed by atoms with E-state index in [4.69, 9.17) is 11.6 Å². The molecule has 0 saturated heterocycles. The average Bonchev–Trinajstić information content (AvgIpc) is 2.70. The lowest BCUT2D eigenvalue weighted by Crippen LogP contribution is -2.35. The van der Waals surface area contributed by atoms with E-state index < -0.39 is 0 Å². The van der Waals surface area contributed by atoms with Crippen LogP contribution in [0.25, 0.3) is 0 Å². The molecule has 142 valence electrons. The number of hydrogen-bond acceptors (Lipinski definition) is 4. The van der Waals surface area contributed by atoms with Crippen LogP contribution >= 0.6 is 23.4 Å². The standard InChI is InChI=1S/C21H18ClN3O2S/c1-25(14-19(26)24-16-11-9-15(22)10-12-16)21(27)18-8-5-13-23-20(18)28-17-6-3-2-4-7-17/h2-13H,14H2,1H3,(H,24,26). The molecule has 1 aromatic heterocycles. The number of nitrogens with zero attached hydrogens (tertiary/aromatic N) is 2. The maximum absolute atomic E-state index is 12.9. The summed E-state index contributed by atoms with van der Waals surface area (Å²) in [6.07, 6.45) is 1.65. The Morgan fingerprint density at radius 3 is 2.46 bits per heavy atom. The summed E-state index contributed by atoms with van der Waals surface area (Å²) in [5, 5.41) is 3.94. The van der Waals surface area contributed by atoms with Crippen molar-refractivity contribution in [3.63, 3.8) is 0 Å². The van der Waals surface area contributed by atoms with Crippen molar-refractivity contribution in [1.29, 1.82) is 0 Å². The van der Waals surface area contributed by atoms with Crippen molar-refractivity contribution in [2.24, 2.45) is 0 Å². The average molecular weight is 412 g/mol. The van der Waals surface area contributed by atoms with Crippen LogP contribution in [0, 0.1) is 0 Å². The van der Waals surface area contributed by atoms with E-state index in [-0.39, 0.29) is 18.4 Å². The van der Waals surface area contributed by atoms with Gasteiger partial charge in [0.15, 0.2) is 0 Å². The van der Waals surface area contributed by atoms with Gasteiger partial charge in [-0.2, -0.15) is 0 Å². The fourth-order valence-electron chi connectivity index (χ4n) is 2.46. The number of anilines is 1. The van der Waals surface area contributed by atoms with E-state index in [1.165, 1.54) is 16.7 Å². The predicted molar refractivity (Wildman–Crippen MR) is 112 cm³/mol. The molecule has 0 atom stereocenters. The zero-order valence-electron chi connectivity index (χ0n) is 15.1. The Bertz CT molecular complexity index is 965. The summed E-state index contributed by atoms with van der Waals surface area (Å²) in [5.74, 6) is -0.558. The van der Waals surface area contributed by atoms with Gasteiger partial charge in [-0.25, -0.2) is 4.98 Å². The van der Waals surface area contributed by atoms with E-state index in [0.717, 1.165) is 4.90 Å². The maximum Gasteiger partial charge on any atom is 0.256 e. The number of rotatable bonds is 6. The number of hydrogen-bond donors (Lipinski definition) is 1. The first-order valence-corrected chi connectivity index (χ1v) is 9.71. The lowest BCUT2D eigenvalue weighted by atomic mass is 10.2. The topological polar surface area (TPSA) is 62.3 Å². The Morgan fingerprint density at radius 2 is 1.75 bits per heavy atom. The van der Waals surface area contributed by atoms with E-state index >= 15 is 0 Å². The monoisotopic (exact) mass is 411 g/mol. The van der Waals surface area contributed by atoms with E-state index in [0.29, 0.717) is 21.3 Å². The highest BCUT2D eigenvalue weighted by molar-refractivity contribution is 7.99. The third kappa shape index (κ3) is 5.34. The Balaban J connectivity index is 1.67. The summed E-state index contributed by atoms with van der Waals surface area (Å²) in [6.45, 7) is -0.0776. The SMILES string of the molecule is CN(CC(=O)Nc1ccc(Cl)cc1)C(=O)c1cccnc1Sc1ccccc1. The molecular formula is C21H18ClN3O2S. The predicted octanol–water partition coefficient (Wildman–Crippen LogP) is 4.60. The quantitative estimate of drug-likeness (QED) is 0.644. The molecule has 2 aromatic carbocycles. The zero-order valence-corrected chi connectivity index (χ0v) is 16.7. The van der Waals surface area contributed by atoms with Crippen LogP contribution in [0.5, 0.6) is 0 Å². The molecule has 0 aliphatic carbocycles. The minimum atomic E-state index is -0.292. The lowest BCUT2D eigenvalue weighted by Gasteiger charge is -2.18. The molecule has 3 aromatic rings. The summed E-state index contributed by atoms with van der Waals surface area (Å²) >= 11 is 7.25. The van der Waals surface area contributed by atoms with Crippen LogP contribution in [0.15, 0.2) is 82.8 Å². The zero-order chi connectivity index (χ0) is 19.9. The van der Waals surface area contributed by atoms with Crippen molar-refractivity contribution < 1.29 is 9.59 Å². The van der Waals surface area contributed by atoms with E-state index in [9.17, 15) is 9.59 Å². The van der Waals surface area contributed by atoms with Crippen LogP contribution in [-0.4, -0.2) is 35.3 Å². The molecule has 0 bridgehead atoms. The van der Waals surface area contributed by atoms with Crippen molar-refractivity contribution in [1.82, 2.24) is 9.88 Å². The number of aromatic nitrogens is 1. The molecule has 2 amide bonds. The van der Waals surface area contributed by atoms with Gasteiger partial charge < -0.3 is 10.2 Å². The van der Waals surface area contributed by atoms with Gasteiger partial charge in [0.25, 0.3) is 5.91 Å². The minimum absolute atomic E-state index is 0.0776. The number of nitrogens with one attached hydrogen (secondary N) is 1. The van der Waals surface area contributed by atoms with Crippen molar-refractivity contribution in [2.45, 2.75) is 9.92 Å². The normalized spacial score (nSPS) is 10.4. The summed E-state index contributed by atoms with van der Waals surface area (Å²) in [7, 11) is 1.59. The van der Waals surface area contributed by atoms with Gasteiger partial charge in [-0.05, 0) is 48.5 Å². The van der Waals surface area contributed by atoms with Crippen molar-refractivity contribution in [3.05, 3.63) is 83.5 Å². The molecule has 1 heterocycles. The van der Waals surface area contributed by atoms with Gasteiger partial charge in [0.1, 0.15) is 5.03 Å². The maximum atomic E-state index is 12.9. The number of carbonyl (C=O) groups excluding carboxylic acids is 2. The highest BCUT2D eigenvalue weighted by Gasteiger charge is 2.19. The summed E-state index contributed by atoms with van der Waals surface area (Å²) in [5.41, 5.74) is 1.08. The van der Waals surface area contributed by atoms with Crippen LogP contribution in [0.3, 0.4) is 0 Å². The number of halogens is 1. The van der Waals surface area contributed by atoms with Gasteiger partial charge in [0.2, 0.25) is 5.91 Å². The molecule has 28 heavy (non-hydrogen) atoms. The number of pyridine rings is 1. The fraction of sp³-hybridized carbons (Fsp3) is 0.0952. The third-order valence-electron chi connectivity index (χ3n) is 3.81. The third-order valence-corrected chi connectivity index (χ3v) is 5.09. The highest BCUT2D eigenvalue weighted by atomic mass is 35.5. The Kier molecular flexibility index (Phi) is 6.68. The molecule has 1 N–H and O–H groups in total. The highest BCUT2D eigenvalue weighted by Crippen LogP contribution is 2.28. The number of benzene rings is 2. The number of amides is 2. The van der Waals surface area contributed by atoms with E-state index in [1.54, 1.807) is 49.6 Å². The molecule has 0 unspecified atom stereocenters. The Hall–Kier alpha value is -2.83. The van der Waals surface area contributed by atoms with Crippen LogP contribution < -0.4 is 5.32 Å². The van der Waals surface area contributed by atoms with Crippen LogP contribution in [0.1, 0.15) is 10.4 Å². The van der Waals surface area contributed by atoms with Crippen molar-refractivity contribution in [2.75, 3.05) is 18.9 Å². The van der Waals surface area contributed by atoms with Crippen LogP contribution in [-0.2, 0) is 4.79 Å². The van der Waals surface area contributed by atoms with Crippen LogP contribution in [0.4, 0.5) is 5.69 Å². The van der Waals surface area contributed by atoms with Crippen molar-refractivity contribution in [3.8, 4) is 0 Å². The van der Waals surface area contributed by atoms with Gasteiger partial charge in [-0.3, -0.25) is 9.59 Å². The fourth-order valence-corrected chi connectivity index (χ4v) is 3.48. The number of likely N-dealkylation sites (N-methyl/N-ethyl adjacent to an activating group) is 1. The van der Waals surface area contributed by atoms with Gasteiger partial charge >= 0.3 is 0 Å². The molecule has 0 radical (unpaired) electrons. The van der Waals surface area contributed by atoms with E-state index in [1.807, 2.05) is 30.3 Å². The summed E-state index contributed by atoms with van der Waals surface area (Å²) in [6, 6.07) is 19.9. The Morgan fingerprint density at radius 1 is 1.04 bits per heavy atom. The van der Waals surface area contributed by atoms with Gasteiger partial charge in [-0.15, -0.1) is 0 Å². The first-order chi connectivity index (χ1) is 13.5. The second kappa shape index (κ2) is 9.39. The van der Waals surface area contributed by atoms with Gasteiger partial charge in [0, 0.05) is 28.9 Å². The molecule has 0 spiro atoms. The molecule has 0 saturated carbocycles. The molecular weight excluding hydrogens is 394 g/mol. The molecule has 0 aliphatic rings.